The van der Waals surface area contributed by atoms with E-state index < -0.39 is 5.60 Å². The van der Waals surface area contributed by atoms with Crippen LogP contribution < -0.4 is 15.0 Å². The van der Waals surface area contributed by atoms with E-state index >= 15 is 0 Å². The van der Waals surface area contributed by atoms with Crippen LogP contribution in [0.15, 0.2) is 121 Å². The van der Waals surface area contributed by atoms with Crippen molar-refractivity contribution in [2.75, 3.05) is 17.3 Å². The van der Waals surface area contributed by atoms with Gasteiger partial charge in [-0.25, -0.2) is 4.98 Å². The van der Waals surface area contributed by atoms with Gasteiger partial charge in [-0.1, -0.05) is 89.7 Å². The largest absolute Gasteiger partial charge is 0.471 e. The predicted molar refractivity (Wildman–Crippen MR) is 181 cm³/mol. The quantitative estimate of drug-likeness (QED) is 0.143. The first-order chi connectivity index (χ1) is 21.8. The van der Waals surface area contributed by atoms with E-state index in [1.165, 1.54) is 0 Å². The van der Waals surface area contributed by atoms with E-state index in [0.29, 0.717) is 5.69 Å². The Morgan fingerprint density at radius 1 is 0.822 bits per heavy atom. The molecule has 0 saturated carbocycles. The summed E-state index contributed by atoms with van der Waals surface area (Å²) in [7, 11) is 2.03. The number of rotatable bonds is 7. The number of nitro benzene ring substituents is 1. The van der Waals surface area contributed by atoms with Crippen molar-refractivity contribution in [3.8, 4) is 17.0 Å². The molecule has 8 heteroatoms. The van der Waals surface area contributed by atoms with E-state index in [2.05, 4.69) is 59.6 Å². The molecule has 0 amide bonds. The summed E-state index contributed by atoms with van der Waals surface area (Å²) in [6.07, 6.45) is 0. The third-order valence-corrected chi connectivity index (χ3v) is 9.38. The summed E-state index contributed by atoms with van der Waals surface area (Å²) >= 11 is 1.62. The van der Waals surface area contributed by atoms with Crippen molar-refractivity contribution in [1.82, 2.24) is 4.98 Å². The minimum atomic E-state index is -0.987. The van der Waals surface area contributed by atoms with Gasteiger partial charge in [-0.15, -0.1) is 0 Å². The molecule has 1 aliphatic rings. The summed E-state index contributed by atoms with van der Waals surface area (Å²) in [6.45, 7) is 3.92. The highest BCUT2D eigenvalue weighted by molar-refractivity contribution is 7.16. The van der Waals surface area contributed by atoms with Crippen LogP contribution in [0.2, 0.25) is 0 Å². The number of aromatic nitrogens is 1. The summed E-state index contributed by atoms with van der Waals surface area (Å²) in [5, 5.41) is 15.8. The molecule has 0 fully saturated rings. The van der Waals surface area contributed by atoms with Gasteiger partial charge in [-0.2, -0.15) is 0 Å². The minimum Gasteiger partial charge on any atom is -0.471 e. The van der Waals surface area contributed by atoms with E-state index in [4.69, 9.17) is 9.72 Å². The smallest absolute Gasteiger partial charge is 0.292 e. The van der Waals surface area contributed by atoms with Crippen LogP contribution in [0.1, 0.15) is 27.1 Å². The van der Waals surface area contributed by atoms with Crippen molar-refractivity contribution in [2.24, 2.45) is 0 Å². The maximum absolute atomic E-state index is 11.7. The Kier molecular flexibility index (Phi) is 7.06. The van der Waals surface area contributed by atoms with Crippen LogP contribution in [0.25, 0.3) is 11.3 Å². The number of ether oxygens (including phenoxy) is 1. The summed E-state index contributed by atoms with van der Waals surface area (Å²) < 4.78 is 7.12. The molecule has 7 nitrogen and oxygen atoms in total. The fraction of sp³-hybridized carbons (Fsp3) is 0.108. The van der Waals surface area contributed by atoms with Crippen molar-refractivity contribution in [3.63, 3.8) is 0 Å². The van der Waals surface area contributed by atoms with Gasteiger partial charge in [0.05, 0.1) is 15.5 Å². The molecule has 2 heterocycles. The van der Waals surface area contributed by atoms with E-state index in [0.717, 1.165) is 60.6 Å². The molecular weight excluding hydrogens is 580 g/mol. The normalized spacial score (nSPS) is 15.0. The van der Waals surface area contributed by atoms with Crippen LogP contribution in [-0.4, -0.2) is 17.0 Å². The first-order valence-corrected chi connectivity index (χ1v) is 15.4. The molecule has 0 spiro atoms. The Morgan fingerprint density at radius 2 is 1.47 bits per heavy atom. The Bertz CT molecular complexity index is 2020. The lowest BCUT2D eigenvalue weighted by atomic mass is 9.81. The van der Waals surface area contributed by atoms with Crippen molar-refractivity contribution >= 4 is 39.2 Å². The number of aryl methyl sites for hydroxylation is 2. The molecule has 1 N–H and O–H groups in total. The molecular formula is C37H30N4O3S. The van der Waals surface area contributed by atoms with Crippen molar-refractivity contribution in [2.45, 2.75) is 19.4 Å². The van der Waals surface area contributed by atoms with Crippen LogP contribution >= 0.6 is 11.3 Å². The molecule has 1 atom stereocenters. The Labute approximate surface area is 265 Å². The third-order valence-electron chi connectivity index (χ3n) is 8.15. The second-order valence-electron chi connectivity index (χ2n) is 11.2. The van der Waals surface area contributed by atoms with E-state index in [1.807, 2.05) is 80.7 Å². The second kappa shape index (κ2) is 11.2. The van der Waals surface area contributed by atoms with Gasteiger partial charge in [0.2, 0.25) is 0 Å². The monoisotopic (exact) mass is 610 g/mol. The first kappa shape index (κ1) is 28.3. The highest BCUT2D eigenvalue weighted by atomic mass is 32.1. The van der Waals surface area contributed by atoms with Crippen LogP contribution in [0.5, 0.6) is 5.75 Å². The zero-order valence-electron chi connectivity index (χ0n) is 25.0. The van der Waals surface area contributed by atoms with E-state index in [-0.39, 0.29) is 10.6 Å². The summed E-state index contributed by atoms with van der Waals surface area (Å²) in [5.41, 5.74) is 6.98. The fourth-order valence-corrected chi connectivity index (χ4v) is 7.01. The molecule has 7 rings (SSSR count). The number of hydrogen-bond donors (Lipinski definition) is 1. The Balaban J connectivity index is 1.39. The molecule has 5 aromatic carbocycles. The lowest BCUT2D eigenvalue weighted by molar-refractivity contribution is -0.384. The minimum absolute atomic E-state index is 0.0341. The number of nitrogens with one attached hydrogen (secondary N) is 1. The number of benzene rings is 5. The summed E-state index contributed by atoms with van der Waals surface area (Å²) in [6, 6.07) is 39.8. The van der Waals surface area contributed by atoms with Gasteiger partial charge < -0.3 is 15.0 Å². The lowest BCUT2D eigenvalue weighted by Gasteiger charge is -2.39. The molecule has 1 unspecified atom stereocenters. The number of nitro groups is 1. The van der Waals surface area contributed by atoms with Crippen LogP contribution in [-0.2, 0) is 5.60 Å². The van der Waals surface area contributed by atoms with Crippen LogP contribution in [0.4, 0.5) is 27.9 Å². The SMILES string of the molecule is Cc1ccc(C2(c3ccc(Nc4ccc(C)cc4[N+](=O)[O-])cc3)Oc3ccccc3-c3nc(N(C)c4ccccc4)sc32)cc1. The molecule has 0 bridgehead atoms. The highest BCUT2D eigenvalue weighted by Gasteiger charge is 2.47. The standard InChI is InChI=1S/C37H30N4O3S/c1-24-13-16-26(17-14-24)37(27-18-20-28(21-19-27)38-31-22-15-25(2)23-32(31)41(42)43)35-34(30-11-7-8-12-33(30)44-37)39-36(45-35)40(3)29-9-5-4-6-10-29/h4-23,38H,1-3H3. The third kappa shape index (κ3) is 4.99. The number of nitrogens with zero attached hydrogens (tertiary/aromatic N) is 3. The molecule has 6 aromatic rings. The topological polar surface area (TPSA) is 80.5 Å². The molecule has 1 aliphatic heterocycles. The van der Waals surface area contributed by atoms with Gasteiger partial charge in [0, 0.05) is 41.2 Å². The van der Waals surface area contributed by atoms with Gasteiger partial charge in [-0.3, -0.25) is 10.1 Å². The van der Waals surface area contributed by atoms with E-state index in [1.54, 1.807) is 23.5 Å². The zero-order valence-corrected chi connectivity index (χ0v) is 25.8. The summed E-state index contributed by atoms with van der Waals surface area (Å²) in [5.74, 6) is 0.752. The number of para-hydroxylation sites is 2. The van der Waals surface area contributed by atoms with Gasteiger partial charge in [-0.05, 0) is 61.9 Å². The molecule has 0 saturated heterocycles. The van der Waals surface area contributed by atoms with Crippen molar-refractivity contribution in [1.29, 1.82) is 0 Å². The Morgan fingerprint density at radius 3 is 2.18 bits per heavy atom. The lowest BCUT2D eigenvalue weighted by Crippen LogP contribution is -2.37. The van der Waals surface area contributed by atoms with Gasteiger partial charge in [0.25, 0.3) is 5.69 Å². The fourth-order valence-electron chi connectivity index (χ4n) is 5.78. The number of thiazole rings is 1. The zero-order chi connectivity index (χ0) is 31.1. The maximum Gasteiger partial charge on any atom is 0.292 e. The first-order valence-electron chi connectivity index (χ1n) is 14.6. The van der Waals surface area contributed by atoms with Crippen molar-refractivity contribution in [3.05, 3.63) is 159 Å². The molecule has 45 heavy (non-hydrogen) atoms. The van der Waals surface area contributed by atoms with Crippen LogP contribution in [0, 0.1) is 24.0 Å². The molecule has 1 aromatic heterocycles. The number of fused-ring (bicyclic) bond motifs is 3. The molecule has 0 aliphatic carbocycles. The van der Waals surface area contributed by atoms with Gasteiger partial charge >= 0.3 is 0 Å². The molecule has 0 radical (unpaired) electrons. The highest BCUT2D eigenvalue weighted by Crippen LogP contribution is 2.55. The summed E-state index contributed by atoms with van der Waals surface area (Å²) in [4.78, 5) is 19.7. The maximum atomic E-state index is 11.7. The number of hydrogen-bond acceptors (Lipinski definition) is 7. The Hall–Kier alpha value is -5.47. The molecule has 222 valence electrons. The van der Waals surface area contributed by atoms with E-state index in [9.17, 15) is 10.1 Å². The van der Waals surface area contributed by atoms with Gasteiger partial charge in [0.15, 0.2) is 10.7 Å². The van der Waals surface area contributed by atoms with Gasteiger partial charge in [0.1, 0.15) is 11.4 Å². The average molecular weight is 611 g/mol. The predicted octanol–water partition coefficient (Wildman–Crippen LogP) is 9.53. The van der Waals surface area contributed by atoms with Crippen molar-refractivity contribution < 1.29 is 9.66 Å². The van der Waals surface area contributed by atoms with Crippen LogP contribution in [0.3, 0.4) is 0 Å². The number of anilines is 4. The second-order valence-corrected chi connectivity index (χ2v) is 12.2. The average Bonchev–Trinajstić information content (AvgIpc) is 3.52.